The summed E-state index contributed by atoms with van der Waals surface area (Å²) >= 11 is 6.10. The van der Waals surface area contributed by atoms with Crippen LogP contribution in [0.4, 0.5) is 5.69 Å². The number of hydrogen-bond acceptors (Lipinski definition) is 2. The van der Waals surface area contributed by atoms with Crippen molar-refractivity contribution in [3.05, 3.63) is 29.3 Å². The zero-order valence-corrected chi connectivity index (χ0v) is 11.3. The maximum absolute atomic E-state index is 12.4. The number of benzene rings is 1. The third-order valence-electron chi connectivity index (χ3n) is 3.07. The molecule has 0 bridgehead atoms. The van der Waals surface area contributed by atoms with Crippen LogP contribution in [0.2, 0.25) is 5.02 Å². The number of amides is 2. The molecule has 18 heavy (non-hydrogen) atoms. The van der Waals surface area contributed by atoms with Crippen LogP contribution in [0.5, 0.6) is 0 Å². The number of piperazine rings is 1. The Balaban J connectivity index is 2.50. The summed E-state index contributed by atoms with van der Waals surface area (Å²) < 4.78 is 0. The summed E-state index contributed by atoms with van der Waals surface area (Å²) in [6.45, 7) is 5.05. The van der Waals surface area contributed by atoms with E-state index >= 15 is 0 Å². The summed E-state index contributed by atoms with van der Waals surface area (Å²) in [5.74, 6) is -0.345. The van der Waals surface area contributed by atoms with Crippen LogP contribution in [-0.2, 0) is 9.59 Å². The molecule has 1 heterocycles. The molecule has 0 saturated carbocycles. The molecule has 1 atom stereocenters. The fraction of sp³-hybridized carbons (Fsp3) is 0.385. The summed E-state index contributed by atoms with van der Waals surface area (Å²) in [5.41, 5.74) is -0.345. The topological polar surface area (TPSA) is 49.4 Å². The first kappa shape index (κ1) is 12.9. The Labute approximate surface area is 111 Å². The monoisotopic (exact) mass is 266 g/mol. The van der Waals surface area contributed by atoms with Crippen molar-refractivity contribution in [3.8, 4) is 0 Å². The number of para-hydroxylation sites is 1. The van der Waals surface area contributed by atoms with E-state index in [0.717, 1.165) is 0 Å². The lowest BCUT2D eigenvalue weighted by molar-refractivity contribution is -0.136. The average Bonchev–Trinajstić information content (AvgIpc) is 2.29. The zero-order chi connectivity index (χ0) is 13.5. The van der Waals surface area contributed by atoms with Crippen LogP contribution < -0.4 is 10.2 Å². The van der Waals surface area contributed by atoms with Crippen LogP contribution in [-0.4, -0.2) is 23.4 Å². The molecule has 0 aromatic heterocycles. The minimum absolute atomic E-state index is 0.164. The number of nitrogens with zero attached hydrogens (tertiary/aromatic N) is 1. The minimum atomic E-state index is -0.914. The Hall–Kier alpha value is -1.55. The summed E-state index contributed by atoms with van der Waals surface area (Å²) in [7, 11) is 0. The molecular formula is C13H15ClN2O2. The molecule has 1 fully saturated rings. The van der Waals surface area contributed by atoms with Gasteiger partial charge >= 0.3 is 0 Å². The maximum atomic E-state index is 12.4. The molecule has 1 saturated heterocycles. The van der Waals surface area contributed by atoms with E-state index in [1.54, 1.807) is 45.0 Å². The molecule has 1 aromatic carbocycles. The summed E-state index contributed by atoms with van der Waals surface area (Å²) in [6.07, 6.45) is 0. The highest BCUT2D eigenvalue weighted by Gasteiger charge is 2.44. The van der Waals surface area contributed by atoms with Crippen molar-refractivity contribution in [3.63, 3.8) is 0 Å². The van der Waals surface area contributed by atoms with E-state index in [1.165, 1.54) is 4.90 Å². The molecule has 2 rings (SSSR count). The molecule has 1 unspecified atom stereocenters. The Morgan fingerprint density at radius 3 is 2.50 bits per heavy atom. The molecule has 1 aliphatic heterocycles. The lowest BCUT2D eigenvalue weighted by atomic mass is 9.96. The van der Waals surface area contributed by atoms with Crippen LogP contribution in [0, 0.1) is 0 Å². The number of hydrogen-bond donors (Lipinski definition) is 1. The standard InChI is InChI=1S/C13H15ClN2O2/c1-8-11(17)15-13(2,3)12(18)16(8)10-7-5-4-6-9(10)14/h4-8H,1-3H3,(H,15,17). The minimum Gasteiger partial charge on any atom is -0.340 e. The van der Waals surface area contributed by atoms with Gasteiger partial charge < -0.3 is 5.32 Å². The molecular weight excluding hydrogens is 252 g/mol. The van der Waals surface area contributed by atoms with Crippen LogP contribution in [0.3, 0.4) is 0 Å². The highest BCUT2D eigenvalue weighted by Crippen LogP contribution is 2.31. The largest absolute Gasteiger partial charge is 0.340 e. The number of rotatable bonds is 1. The van der Waals surface area contributed by atoms with Gasteiger partial charge in [-0.05, 0) is 32.9 Å². The zero-order valence-electron chi connectivity index (χ0n) is 10.5. The fourth-order valence-corrected chi connectivity index (χ4v) is 2.25. The second-order valence-electron chi connectivity index (χ2n) is 4.92. The van der Waals surface area contributed by atoms with Gasteiger partial charge in [-0.1, -0.05) is 23.7 Å². The fourth-order valence-electron chi connectivity index (χ4n) is 2.03. The van der Waals surface area contributed by atoms with E-state index in [9.17, 15) is 9.59 Å². The molecule has 96 valence electrons. The van der Waals surface area contributed by atoms with Crippen LogP contribution >= 0.6 is 11.6 Å². The quantitative estimate of drug-likeness (QED) is 0.845. The molecule has 5 heteroatoms. The van der Waals surface area contributed by atoms with Gasteiger partial charge in [-0.3, -0.25) is 14.5 Å². The van der Waals surface area contributed by atoms with E-state index in [4.69, 9.17) is 11.6 Å². The predicted octanol–water partition coefficient (Wildman–Crippen LogP) is 1.97. The van der Waals surface area contributed by atoms with Crippen molar-refractivity contribution in [1.82, 2.24) is 5.32 Å². The third-order valence-corrected chi connectivity index (χ3v) is 3.39. The lowest BCUT2D eigenvalue weighted by Gasteiger charge is -2.41. The number of nitrogens with one attached hydrogen (secondary N) is 1. The maximum Gasteiger partial charge on any atom is 0.252 e. The highest BCUT2D eigenvalue weighted by molar-refractivity contribution is 6.34. The first-order valence-corrected chi connectivity index (χ1v) is 6.12. The highest BCUT2D eigenvalue weighted by atomic mass is 35.5. The van der Waals surface area contributed by atoms with Crippen LogP contribution in [0.15, 0.2) is 24.3 Å². The Kier molecular flexibility index (Phi) is 3.07. The van der Waals surface area contributed by atoms with Crippen molar-refractivity contribution < 1.29 is 9.59 Å². The molecule has 2 amide bonds. The van der Waals surface area contributed by atoms with Crippen molar-refractivity contribution in [2.75, 3.05) is 4.90 Å². The molecule has 1 aromatic rings. The van der Waals surface area contributed by atoms with Gasteiger partial charge in [0.25, 0.3) is 5.91 Å². The van der Waals surface area contributed by atoms with Crippen LogP contribution in [0.25, 0.3) is 0 Å². The van der Waals surface area contributed by atoms with E-state index in [-0.39, 0.29) is 11.8 Å². The van der Waals surface area contributed by atoms with Gasteiger partial charge in [0.05, 0.1) is 10.7 Å². The van der Waals surface area contributed by atoms with E-state index in [1.807, 2.05) is 0 Å². The van der Waals surface area contributed by atoms with Gasteiger partial charge in [0, 0.05) is 0 Å². The second kappa shape index (κ2) is 4.28. The van der Waals surface area contributed by atoms with Crippen LogP contribution in [0.1, 0.15) is 20.8 Å². The number of halogens is 1. The SMILES string of the molecule is CC1C(=O)NC(C)(C)C(=O)N1c1ccccc1Cl. The number of carbonyl (C=O) groups excluding carboxylic acids is 2. The molecule has 4 nitrogen and oxygen atoms in total. The summed E-state index contributed by atoms with van der Waals surface area (Å²) in [5, 5.41) is 3.16. The van der Waals surface area contributed by atoms with Gasteiger partial charge in [-0.25, -0.2) is 0 Å². The first-order chi connectivity index (χ1) is 8.34. The molecule has 0 spiro atoms. The predicted molar refractivity (Wildman–Crippen MR) is 70.6 cm³/mol. The van der Waals surface area contributed by atoms with Crippen molar-refractivity contribution in [1.29, 1.82) is 0 Å². The first-order valence-electron chi connectivity index (χ1n) is 5.75. The van der Waals surface area contributed by atoms with Crippen molar-refractivity contribution in [2.45, 2.75) is 32.4 Å². The summed E-state index contributed by atoms with van der Waals surface area (Å²) in [4.78, 5) is 25.8. The van der Waals surface area contributed by atoms with Gasteiger partial charge in [0.1, 0.15) is 11.6 Å². The third kappa shape index (κ3) is 1.97. The van der Waals surface area contributed by atoms with Crippen molar-refractivity contribution >= 4 is 29.1 Å². The molecule has 0 radical (unpaired) electrons. The van der Waals surface area contributed by atoms with E-state index in [2.05, 4.69) is 5.32 Å². The van der Waals surface area contributed by atoms with Crippen molar-refractivity contribution in [2.24, 2.45) is 0 Å². The smallest absolute Gasteiger partial charge is 0.252 e. The average molecular weight is 267 g/mol. The van der Waals surface area contributed by atoms with Gasteiger partial charge in [-0.2, -0.15) is 0 Å². The molecule has 1 aliphatic rings. The van der Waals surface area contributed by atoms with Gasteiger partial charge in [-0.15, -0.1) is 0 Å². The Bertz CT molecular complexity index is 513. The number of carbonyl (C=O) groups is 2. The normalized spacial score (nSPS) is 22.9. The van der Waals surface area contributed by atoms with Gasteiger partial charge in [0.15, 0.2) is 0 Å². The van der Waals surface area contributed by atoms with E-state index in [0.29, 0.717) is 10.7 Å². The van der Waals surface area contributed by atoms with Gasteiger partial charge in [0.2, 0.25) is 5.91 Å². The van der Waals surface area contributed by atoms with E-state index < -0.39 is 11.6 Å². The lowest BCUT2D eigenvalue weighted by Crippen LogP contribution is -2.67. The summed E-state index contributed by atoms with van der Waals surface area (Å²) in [6, 6.07) is 6.46. The Morgan fingerprint density at radius 1 is 1.28 bits per heavy atom. The second-order valence-corrected chi connectivity index (χ2v) is 5.32. The molecule has 1 N–H and O–H groups in total. The number of anilines is 1. The molecule has 0 aliphatic carbocycles. The Morgan fingerprint density at radius 2 is 1.89 bits per heavy atom.